The number of aliphatic hydroxyl groups is 2. The lowest BCUT2D eigenvalue weighted by molar-refractivity contribution is -0.125. The minimum absolute atomic E-state index is 0.145. The van der Waals surface area contributed by atoms with E-state index in [2.05, 4.69) is 5.32 Å². The highest BCUT2D eigenvalue weighted by atomic mass is 16.5. The second-order valence-electron chi connectivity index (χ2n) is 4.67. The Morgan fingerprint density at radius 2 is 1.90 bits per heavy atom. The molecule has 0 saturated carbocycles. The van der Waals surface area contributed by atoms with Gasteiger partial charge in [0.1, 0.15) is 5.75 Å². The molecule has 0 unspecified atom stereocenters. The zero-order valence-corrected chi connectivity index (χ0v) is 11.6. The highest BCUT2D eigenvalue weighted by molar-refractivity contribution is 5.77. The van der Waals surface area contributed by atoms with Gasteiger partial charge in [0.05, 0.1) is 31.8 Å². The number of hydrogen-bond acceptors (Lipinski definition) is 5. The number of aliphatic hydroxyl groups excluding tert-OH is 2. The summed E-state index contributed by atoms with van der Waals surface area (Å²) >= 11 is 0. The van der Waals surface area contributed by atoms with Gasteiger partial charge in [-0.15, -0.1) is 0 Å². The smallest absolute Gasteiger partial charge is 0.224 e. The highest BCUT2D eigenvalue weighted by Crippen LogP contribution is 2.13. The van der Waals surface area contributed by atoms with Crippen LogP contribution < -0.4 is 15.8 Å². The predicted octanol–water partition coefficient (Wildman–Crippen LogP) is 0.287. The number of benzene rings is 1. The van der Waals surface area contributed by atoms with Crippen LogP contribution in [0, 0.1) is 0 Å². The second-order valence-corrected chi connectivity index (χ2v) is 4.67. The Labute approximate surface area is 118 Å². The SMILES string of the molecule is CCC(CO)(CO)NC(=O)CCOc1ccc(N)cc1. The van der Waals surface area contributed by atoms with Crippen LogP contribution in [0.3, 0.4) is 0 Å². The first kappa shape index (κ1) is 16.3. The molecule has 112 valence electrons. The Bertz CT molecular complexity index is 407. The lowest BCUT2D eigenvalue weighted by atomic mass is 9.98. The lowest BCUT2D eigenvalue weighted by Gasteiger charge is -2.29. The van der Waals surface area contributed by atoms with Crippen molar-refractivity contribution in [1.82, 2.24) is 5.32 Å². The van der Waals surface area contributed by atoms with Crippen molar-refractivity contribution in [3.05, 3.63) is 24.3 Å². The molecular formula is C14H22N2O4. The van der Waals surface area contributed by atoms with E-state index >= 15 is 0 Å². The van der Waals surface area contributed by atoms with E-state index < -0.39 is 5.54 Å². The van der Waals surface area contributed by atoms with E-state index in [9.17, 15) is 15.0 Å². The van der Waals surface area contributed by atoms with Gasteiger partial charge in [-0.05, 0) is 30.7 Å². The average molecular weight is 282 g/mol. The number of carbonyl (C=O) groups is 1. The molecule has 1 aromatic carbocycles. The molecule has 0 radical (unpaired) electrons. The van der Waals surface area contributed by atoms with Crippen LogP contribution in [0.25, 0.3) is 0 Å². The van der Waals surface area contributed by atoms with Gasteiger partial charge >= 0.3 is 0 Å². The zero-order valence-electron chi connectivity index (χ0n) is 11.6. The summed E-state index contributed by atoms with van der Waals surface area (Å²) in [5.74, 6) is 0.364. The number of nitrogens with two attached hydrogens (primary N) is 1. The Kier molecular flexibility index (Phi) is 6.27. The maximum Gasteiger partial charge on any atom is 0.224 e. The van der Waals surface area contributed by atoms with E-state index in [1.807, 2.05) is 0 Å². The first-order valence-electron chi connectivity index (χ1n) is 6.56. The van der Waals surface area contributed by atoms with Crippen LogP contribution >= 0.6 is 0 Å². The molecule has 0 fully saturated rings. The van der Waals surface area contributed by atoms with Crippen molar-refractivity contribution in [2.24, 2.45) is 0 Å². The zero-order chi connectivity index (χ0) is 15.0. The summed E-state index contributed by atoms with van der Waals surface area (Å²) in [4.78, 5) is 11.7. The van der Waals surface area contributed by atoms with Crippen molar-refractivity contribution in [3.63, 3.8) is 0 Å². The topological polar surface area (TPSA) is 105 Å². The van der Waals surface area contributed by atoms with Gasteiger partial charge in [-0.2, -0.15) is 0 Å². The van der Waals surface area contributed by atoms with E-state index in [0.29, 0.717) is 17.9 Å². The molecule has 0 aliphatic heterocycles. The van der Waals surface area contributed by atoms with Crippen molar-refractivity contribution in [2.45, 2.75) is 25.3 Å². The molecule has 0 saturated heterocycles. The summed E-state index contributed by atoms with van der Waals surface area (Å²) < 4.78 is 5.41. The molecular weight excluding hydrogens is 260 g/mol. The highest BCUT2D eigenvalue weighted by Gasteiger charge is 2.28. The molecule has 6 nitrogen and oxygen atoms in total. The first-order valence-corrected chi connectivity index (χ1v) is 6.56. The summed E-state index contributed by atoms with van der Waals surface area (Å²) in [5.41, 5.74) is 5.24. The molecule has 1 amide bonds. The van der Waals surface area contributed by atoms with E-state index in [-0.39, 0.29) is 32.1 Å². The van der Waals surface area contributed by atoms with Gasteiger partial charge in [0.2, 0.25) is 5.91 Å². The Morgan fingerprint density at radius 1 is 1.30 bits per heavy atom. The number of nitrogens with one attached hydrogen (secondary N) is 1. The normalized spacial score (nSPS) is 11.2. The molecule has 0 bridgehead atoms. The molecule has 0 aromatic heterocycles. The number of hydrogen-bond donors (Lipinski definition) is 4. The van der Waals surface area contributed by atoms with Crippen LogP contribution in [-0.4, -0.2) is 41.5 Å². The van der Waals surface area contributed by atoms with Gasteiger partial charge in [-0.25, -0.2) is 0 Å². The molecule has 0 aliphatic rings. The fourth-order valence-corrected chi connectivity index (χ4v) is 1.62. The van der Waals surface area contributed by atoms with E-state index in [4.69, 9.17) is 10.5 Å². The van der Waals surface area contributed by atoms with Crippen molar-refractivity contribution in [3.8, 4) is 5.75 Å². The average Bonchev–Trinajstić information content (AvgIpc) is 2.47. The Balaban J connectivity index is 2.38. The number of ether oxygens (including phenoxy) is 1. The lowest BCUT2D eigenvalue weighted by Crippen LogP contribution is -2.54. The van der Waals surface area contributed by atoms with Crippen molar-refractivity contribution < 1.29 is 19.7 Å². The van der Waals surface area contributed by atoms with Crippen LogP contribution in [0.1, 0.15) is 19.8 Å². The van der Waals surface area contributed by atoms with E-state index in [0.717, 1.165) is 0 Å². The van der Waals surface area contributed by atoms with E-state index in [1.54, 1.807) is 31.2 Å². The standard InChI is InChI=1S/C14H22N2O4/c1-2-14(9-17,10-18)16-13(19)7-8-20-12-5-3-11(15)4-6-12/h3-6,17-18H,2,7-10,15H2,1H3,(H,16,19). The molecule has 6 heteroatoms. The van der Waals surface area contributed by atoms with Crippen LogP contribution in [-0.2, 0) is 4.79 Å². The third kappa shape index (κ3) is 4.71. The molecule has 20 heavy (non-hydrogen) atoms. The second kappa shape index (κ2) is 7.72. The summed E-state index contributed by atoms with van der Waals surface area (Å²) in [7, 11) is 0. The number of anilines is 1. The van der Waals surface area contributed by atoms with Crippen LogP contribution in [0.4, 0.5) is 5.69 Å². The third-order valence-corrected chi connectivity index (χ3v) is 3.16. The van der Waals surface area contributed by atoms with Crippen molar-refractivity contribution in [1.29, 1.82) is 0 Å². The van der Waals surface area contributed by atoms with Crippen LogP contribution in [0.2, 0.25) is 0 Å². The van der Waals surface area contributed by atoms with E-state index in [1.165, 1.54) is 0 Å². The minimum atomic E-state index is -0.960. The Hall–Kier alpha value is -1.79. The molecule has 1 rings (SSSR count). The van der Waals surface area contributed by atoms with Gasteiger partial charge in [0.15, 0.2) is 0 Å². The fraction of sp³-hybridized carbons (Fsp3) is 0.500. The number of nitrogen functional groups attached to an aromatic ring is 1. The summed E-state index contributed by atoms with van der Waals surface area (Å²) in [6.07, 6.45) is 0.594. The van der Waals surface area contributed by atoms with Crippen molar-refractivity contribution >= 4 is 11.6 Å². The minimum Gasteiger partial charge on any atom is -0.493 e. The molecule has 5 N–H and O–H groups in total. The summed E-state index contributed by atoms with van der Waals surface area (Å²) in [5, 5.41) is 21.1. The number of amides is 1. The number of rotatable bonds is 8. The maximum atomic E-state index is 11.7. The molecule has 1 aromatic rings. The van der Waals surface area contributed by atoms with Gasteiger partial charge in [-0.3, -0.25) is 4.79 Å². The first-order chi connectivity index (χ1) is 9.55. The molecule has 0 aliphatic carbocycles. The van der Waals surface area contributed by atoms with Gasteiger partial charge < -0.3 is 26.0 Å². The molecule has 0 atom stereocenters. The van der Waals surface area contributed by atoms with Crippen LogP contribution in [0.15, 0.2) is 24.3 Å². The monoisotopic (exact) mass is 282 g/mol. The molecule has 0 spiro atoms. The quantitative estimate of drug-likeness (QED) is 0.513. The largest absolute Gasteiger partial charge is 0.493 e. The molecule has 0 heterocycles. The van der Waals surface area contributed by atoms with Gasteiger partial charge in [0.25, 0.3) is 0 Å². The summed E-state index contributed by atoms with van der Waals surface area (Å²) in [6.45, 7) is 1.40. The Morgan fingerprint density at radius 3 is 2.40 bits per heavy atom. The van der Waals surface area contributed by atoms with Gasteiger partial charge in [-0.1, -0.05) is 6.92 Å². The van der Waals surface area contributed by atoms with Crippen molar-refractivity contribution in [2.75, 3.05) is 25.6 Å². The predicted molar refractivity (Wildman–Crippen MR) is 76.3 cm³/mol. The summed E-state index contributed by atoms with van der Waals surface area (Å²) in [6, 6.07) is 6.89. The third-order valence-electron chi connectivity index (χ3n) is 3.16. The number of carbonyl (C=O) groups excluding carboxylic acids is 1. The fourth-order valence-electron chi connectivity index (χ4n) is 1.62. The maximum absolute atomic E-state index is 11.7. The van der Waals surface area contributed by atoms with Crippen LogP contribution in [0.5, 0.6) is 5.75 Å². The van der Waals surface area contributed by atoms with Gasteiger partial charge in [0, 0.05) is 5.69 Å².